The number of carbonyl (C=O) groups is 2. The molecule has 5 rings (SSSR count). The van der Waals surface area contributed by atoms with Gasteiger partial charge in [0, 0.05) is 53.2 Å². The van der Waals surface area contributed by atoms with Crippen LogP contribution in [0.4, 0.5) is 5.69 Å². The molecule has 1 amide bonds. The van der Waals surface area contributed by atoms with Crippen LogP contribution in [0.3, 0.4) is 0 Å². The van der Waals surface area contributed by atoms with E-state index in [1.807, 2.05) is 48.5 Å². The predicted molar refractivity (Wildman–Crippen MR) is 142 cm³/mol. The number of nitrogens with zero attached hydrogens (tertiary/aromatic N) is 3. The van der Waals surface area contributed by atoms with E-state index >= 15 is 0 Å². The standard InChI is InChI=1S/C29H25N5O3/c30-33-28(35)24-16-27(32-26-13-14-31-17-25(24)26)21-9-5-19(6-10-21)3-4-20-7-11-23(12-8-20)34-15-1-2-22(18-34)29(36)37/h5-14,16-17,22H,1-2,15,18,30H2,(H,33,35)(H,36,37). The first-order valence-corrected chi connectivity index (χ1v) is 12.0. The topological polar surface area (TPSA) is 121 Å². The number of anilines is 1. The smallest absolute Gasteiger partial charge is 0.308 e. The van der Waals surface area contributed by atoms with Crippen LogP contribution in [0.1, 0.15) is 34.3 Å². The van der Waals surface area contributed by atoms with Crippen LogP contribution < -0.4 is 16.2 Å². The summed E-state index contributed by atoms with van der Waals surface area (Å²) in [6.07, 6.45) is 4.84. The number of carboxylic acid groups (broad SMARTS) is 1. The van der Waals surface area contributed by atoms with Crippen molar-refractivity contribution in [2.75, 3.05) is 18.0 Å². The molecule has 4 N–H and O–H groups in total. The number of aliphatic carboxylic acids is 1. The molecule has 1 aliphatic heterocycles. The van der Waals surface area contributed by atoms with Gasteiger partial charge in [-0.2, -0.15) is 0 Å². The lowest BCUT2D eigenvalue weighted by atomic mass is 9.97. The van der Waals surface area contributed by atoms with Crippen molar-refractivity contribution >= 4 is 28.5 Å². The minimum atomic E-state index is -0.728. The molecule has 1 fully saturated rings. The van der Waals surface area contributed by atoms with Gasteiger partial charge in [0.1, 0.15) is 0 Å². The SMILES string of the molecule is NNC(=O)c1cc(-c2ccc(C#Cc3ccc(N4CCCC(C(=O)O)C4)cc3)cc2)nc2ccncc12. The lowest BCUT2D eigenvalue weighted by Crippen LogP contribution is -2.38. The molecule has 8 heteroatoms. The molecule has 4 aromatic rings. The molecule has 0 aliphatic carbocycles. The average Bonchev–Trinajstić information content (AvgIpc) is 2.95. The number of piperidine rings is 1. The number of hydrazine groups is 1. The molecule has 8 nitrogen and oxygen atoms in total. The van der Waals surface area contributed by atoms with Gasteiger partial charge in [0.2, 0.25) is 0 Å². The highest BCUT2D eigenvalue weighted by atomic mass is 16.4. The summed E-state index contributed by atoms with van der Waals surface area (Å²) in [5.74, 6) is 10.3. The highest BCUT2D eigenvalue weighted by molar-refractivity contribution is 6.06. The fourth-order valence-electron chi connectivity index (χ4n) is 4.52. The van der Waals surface area contributed by atoms with Gasteiger partial charge in [0.05, 0.1) is 22.7 Å². The van der Waals surface area contributed by atoms with Gasteiger partial charge < -0.3 is 10.0 Å². The number of hydrogen-bond acceptors (Lipinski definition) is 6. The molecule has 1 aliphatic rings. The van der Waals surface area contributed by atoms with Crippen LogP contribution in [0, 0.1) is 17.8 Å². The van der Waals surface area contributed by atoms with Gasteiger partial charge in [0.25, 0.3) is 5.91 Å². The largest absolute Gasteiger partial charge is 0.481 e. The molecule has 37 heavy (non-hydrogen) atoms. The van der Waals surface area contributed by atoms with E-state index in [0.717, 1.165) is 41.8 Å². The Morgan fingerprint density at radius 2 is 1.73 bits per heavy atom. The first kappa shape index (κ1) is 24.0. The third kappa shape index (κ3) is 5.27. The maximum Gasteiger partial charge on any atom is 0.308 e. The second-order valence-electron chi connectivity index (χ2n) is 8.92. The van der Waals surface area contributed by atoms with Crippen LogP contribution in [0.25, 0.3) is 22.2 Å². The number of pyridine rings is 2. The first-order valence-electron chi connectivity index (χ1n) is 12.0. The fourth-order valence-corrected chi connectivity index (χ4v) is 4.52. The quantitative estimate of drug-likeness (QED) is 0.173. The van der Waals surface area contributed by atoms with Gasteiger partial charge in [-0.15, -0.1) is 0 Å². The van der Waals surface area contributed by atoms with Crippen molar-refractivity contribution in [3.05, 3.63) is 89.7 Å². The van der Waals surface area contributed by atoms with E-state index in [1.165, 1.54) is 0 Å². The summed E-state index contributed by atoms with van der Waals surface area (Å²) >= 11 is 0. The van der Waals surface area contributed by atoms with Gasteiger partial charge in [-0.3, -0.25) is 20.0 Å². The van der Waals surface area contributed by atoms with E-state index in [0.29, 0.717) is 28.7 Å². The van der Waals surface area contributed by atoms with Gasteiger partial charge in [-0.05, 0) is 61.4 Å². The summed E-state index contributed by atoms with van der Waals surface area (Å²) < 4.78 is 0. The molecule has 0 saturated carbocycles. The van der Waals surface area contributed by atoms with Crippen molar-refractivity contribution in [1.29, 1.82) is 0 Å². The maximum absolute atomic E-state index is 12.3. The van der Waals surface area contributed by atoms with Crippen LogP contribution in [-0.2, 0) is 4.79 Å². The zero-order valence-electron chi connectivity index (χ0n) is 20.0. The molecule has 0 bridgehead atoms. The third-order valence-electron chi connectivity index (χ3n) is 6.52. The minimum Gasteiger partial charge on any atom is -0.481 e. The van der Waals surface area contributed by atoms with Gasteiger partial charge in [0.15, 0.2) is 0 Å². The summed E-state index contributed by atoms with van der Waals surface area (Å²) in [5, 5.41) is 9.95. The van der Waals surface area contributed by atoms with E-state index in [-0.39, 0.29) is 5.92 Å². The average molecular weight is 492 g/mol. The van der Waals surface area contributed by atoms with Crippen molar-refractivity contribution in [1.82, 2.24) is 15.4 Å². The zero-order valence-corrected chi connectivity index (χ0v) is 20.0. The Labute approximate surface area is 214 Å². The minimum absolute atomic E-state index is 0.317. The molecule has 1 saturated heterocycles. The predicted octanol–water partition coefficient (Wildman–Crippen LogP) is 3.60. The number of nitrogens with one attached hydrogen (secondary N) is 1. The highest BCUT2D eigenvalue weighted by Gasteiger charge is 2.25. The molecule has 184 valence electrons. The summed E-state index contributed by atoms with van der Waals surface area (Å²) in [4.78, 5) is 34.5. The maximum atomic E-state index is 12.3. The molecular weight excluding hydrogens is 466 g/mol. The van der Waals surface area contributed by atoms with Gasteiger partial charge in [-0.1, -0.05) is 24.0 Å². The van der Waals surface area contributed by atoms with Crippen LogP contribution in [-0.4, -0.2) is 40.0 Å². The second-order valence-corrected chi connectivity index (χ2v) is 8.92. The zero-order chi connectivity index (χ0) is 25.8. The number of fused-ring (bicyclic) bond motifs is 1. The molecule has 0 radical (unpaired) electrons. The summed E-state index contributed by atoms with van der Waals surface area (Å²) in [6.45, 7) is 1.40. The number of rotatable bonds is 4. The number of carboxylic acids is 1. The molecule has 1 atom stereocenters. The summed E-state index contributed by atoms with van der Waals surface area (Å²) in [5.41, 5.74) is 7.48. The monoisotopic (exact) mass is 491 g/mol. The number of aromatic nitrogens is 2. The number of nitrogens with two attached hydrogens (primary N) is 1. The van der Waals surface area contributed by atoms with Crippen LogP contribution in [0.15, 0.2) is 73.1 Å². The first-order chi connectivity index (χ1) is 18.0. The van der Waals surface area contributed by atoms with Crippen molar-refractivity contribution in [2.45, 2.75) is 12.8 Å². The summed E-state index contributed by atoms with van der Waals surface area (Å²) in [7, 11) is 0. The Kier molecular flexibility index (Phi) is 6.79. The molecule has 1 unspecified atom stereocenters. The van der Waals surface area contributed by atoms with Gasteiger partial charge >= 0.3 is 5.97 Å². The number of benzene rings is 2. The molecule has 2 aromatic heterocycles. The summed E-state index contributed by atoms with van der Waals surface area (Å²) in [6, 6.07) is 19.0. The fraction of sp³-hybridized carbons (Fsp3) is 0.172. The van der Waals surface area contributed by atoms with E-state index in [9.17, 15) is 14.7 Å². The Morgan fingerprint density at radius 3 is 2.41 bits per heavy atom. The van der Waals surface area contributed by atoms with E-state index in [4.69, 9.17) is 5.84 Å². The Morgan fingerprint density at radius 1 is 1.03 bits per heavy atom. The number of amides is 1. The highest BCUT2D eigenvalue weighted by Crippen LogP contribution is 2.25. The van der Waals surface area contributed by atoms with Crippen LogP contribution in [0.2, 0.25) is 0 Å². The Bertz CT molecular complexity index is 1520. The number of nitrogen functional groups attached to an aromatic ring is 1. The lowest BCUT2D eigenvalue weighted by molar-refractivity contribution is -0.141. The lowest BCUT2D eigenvalue weighted by Gasteiger charge is -2.32. The van der Waals surface area contributed by atoms with Crippen LogP contribution in [0.5, 0.6) is 0 Å². The molecule has 3 heterocycles. The van der Waals surface area contributed by atoms with Crippen molar-refractivity contribution in [2.24, 2.45) is 11.8 Å². The van der Waals surface area contributed by atoms with Crippen LogP contribution >= 0.6 is 0 Å². The van der Waals surface area contributed by atoms with Crippen molar-refractivity contribution < 1.29 is 14.7 Å². The molecular formula is C29H25N5O3. The number of hydrogen-bond donors (Lipinski definition) is 3. The number of carbonyl (C=O) groups excluding carboxylic acids is 1. The van der Waals surface area contributed by atoms with Crippen molar-refractivity contribution in [3.63, 3.8) is 0 Å². The molecule has 2 aromatic carbocycles. The molecule has 0 spiro atoms. The Hall–Kier alpha value is -4.74. The Balaban J connectivity index is 1.33. The van der Waals surface area contributed by atoms with E-state index in [1.54, 1.807) is 24.5 Å². The second kappa shape index (κ2) is 10.5. The van der Waals surface area contributed by atoms with Crippen molar-refractivity contribution in [3.8, 4) is 23.1 Å². The normalized spacial score (nSPS) is 15.1. The third-order valence-corrected chi connectivity index (χ3v) is 6.52. The van der Waals surface area contributed by atoms with E-state index in [2.05, 4.69) is 32.1 Å². The van der Waals surface area contributed by atoms with Gasteiger partial charge in [-0.25, -0.2) is 10.8 Å². The van der Waals surface area contributed by atoms with E-state index < -0.39 is 11.9 Å².